The van der Waals surface area contributed by atoms with Gasteiger partial charge in [-0.1, -0.05) is 6.07 Å². The second-order valence-corrected chi connectivity index (χ2v) is 8.01. The molecule has 1 amide bonds. The first-order valence-electron chi connectivity index (χ1n) is 10.2. The average molecular weight is 459 g/mol. The summed E-state index contributed by atoms with van der Waals surface area (Å²) in [4.78, 5) is 30.5. The summed E-state index contributed by atoms with van der Waals surface area (Å²) < 4.78 is 58.6. The highest BCUT2D eigenvalue weighted by Crippen LogP contribution is 2.41. The third-order valence-corrected chi connectivity index (χ3v) is 5.93. The van der Waals surface area contributed by atoms with Gasteiger partial charge in [0.1, 0.15) is 11.9 Å². The lowest BCUT2D eigenvalue weighted by Gasteiger charge is -2.33. The fraction of sp³-hybridized carbons (Fsp3) is 0.318. The van der Waals surface area contributed by atoms with Gasteiger partial charge in [0, 0.05) is 31.3 Å². The molecule has 0 radical (unpaired) electrons. The molecule has 2 bridgehead atoms. The van der Waals surface area contributed by atoms with Crippen LogP contribution in [0, 0.1) is 11.7 Å². The predicted octanol–water partition coefficient (Wildman–Crippen LogP) is 3.77. The molecule has 0 N–H and O–H groups in total. The van der Waals surface area contributed by atoms with Gasteiger partial charge in [-0.15, -0.1) is 0 Å². The molecule has 7 nitrogen and oxygen atoms in total. The lowest BCUT2D eigenvalue weighted by Crippen LogP contribution is -2.47. The van der Waals surface area contributed by atoms with Crippen LogP contribution in [0.25, 0.3) is 11.4 Å². The lowest BCUT2D eigenvalue weighted by molar-refractivity contribution is -0.138. The number of fused-ring (bicyclic) bond motifs is 2. The zero-order chi connectivity index (χ0) is 23.2. The molecular formula is C22H17F4N5O2. The summed E-state index contributed by atoms with van der Waals surface area (Å²) in [5, 5.41) is 0. The molecule has 1 aliphatic carbocycles. The molecule has 0 spiro atoms. The summed E-state index contributed by atoms with van der Waals surface area (Å²) in [5.74, 6) is -0.730. The van der Waals surface area contributed by atoms with Crippen LogP contribution < -0.4 is 4.74 Å². The third kappa shape index (κ3) is 3.98. The van der Waals surface area contributed by atoms with E-state index in [1.807, 2.05) is 0 Å². The number of amides is 1. The quantitative estimate of drug-likeness (QED) is 0.553. The number of hydrogen-bond donors (Lipinski definition) is 0. The number of halogens is 4. The second kappa shape index (κ2) is 8.05. The molecule has 3 heterocycles. The van der Waals surface area contributed by atoms with Crippen LogP contribution in [0.3, 0.4) is 0 Å². The molecule has 2 aromatic heterocycles. The molecular weight excluding hydrogens is 442 g/mol. The minimum Gasteiger partial charge on any atom is -0.458 e. The maximum absolute atomic E-state index is 14.7. The van der Waals surface area contributed by atoms with Gasteiger partial charge in [-0.25, -0.2) is 24.3 Å². The largest absolute Gasteiger partial charge is 0.458 e. The van der Waals surface area contributed by atoms with E-state index in [9.17, 15) is 22.4 Å². The van der Waals surface area contributed by atoms with E-state index in [0.717, 1.165) is 0 Å². The van der Waals surface area contributed by atoms with Crippen LogP contribution in [-0.4, -0.2) is 49.4 Å². The van der Waals surface area contributed by atoms with Gasteiger partial charge in [0.25, 0.3) is 5.91 Å². The molecule has 2 aliphatic rings. The lowest BCUT2D eigenvalue weighted by atomic mass is 10.0. The number of nitrogens with zero attached hydrogens (tertiary/aromatic N) is 5. The second-order valence-electron chi connectivity index (χ2n) is 8.01. The molecule has 170 valence electrons. The Morgan fingerprint density at radius 3 is 2.42 bits per heavy atom. The monoisotopic (exact) mass is 459 g/mol. The molecule has 0 unspecified atom stereocenters. The molecule has 3 atom stereocenters. The van der Waals surface area contributed by atoms with Crippen molar-refractivity contribution in [2.24, 2.45) is 5.92 Å². The van der Waals surface area contributed by atoms with E-state index >= 15 is 0 Å². The molecule has 5 rings (SSSR count). The molecule has 1 saturated heterocycles. The van der Waals surface area contributed by atoms with Crippen molar-refractivity contribution in [1.82, 2.24) is 24.8 Å². The van der Waals surface area contributed by atoms with Crippen LogP contribution in [0.5, 0.6) is 6.01 Å². The molecule has 33 heavy (non-hydrogen) atoms. The summed E-state index contributed by atoms with van der Waals surface area (Å²) in [7, 11) is 0. The standard InChI is InChI=1S/C22H17F4N5O2/c23-15-4-1-3-14(18(15)19-27-5-2-6-28-19)20(32)31-11-12-7-16(31)17(8-12)33-21-29-9-13(10-30-21)22(24,25)26/h1-6,9-10,12,16-17H,7-8,11H2/t12-,16+,17-/m1/s1. The summed E-state index contributed by atoms with van der Waals surface area (Å²) in [6.07, 6.45) is 0.534. The van der Waals surface area contributed by atoms with Gasteiger partial charge in [-0.05, 0) is 37.0 Å². The molecule has 3 aromatic rings. The molecule has 1 saturated carbocycles. The number of piperidine rings is 1. The Morgan fingerprint density at radius 2 is 1.76 bits per heavy atom. The minimum absolute atomic E-state index is 0.0226. The van der Waals surface area contributed by atoms with Crippen molar-refractivity contribution < 1.29 is 27.1 Å². The zero-order valence-corrected chi connectivity index (χ0v) is 17.0. The van der Waals surface area contributed by atoms with Gasteiger partial charge in [-0.2, -0.15) is 13.2 Å². The molecule has 1 aromatic carbocycles. The first-order chi connectivity index (χ1) is 15.8. The van der Waals surface area contributed by atoms with Gasteiger partial charge in [0.15, 0.2) is 5.82 Å². The minimum atomic E-state index is -4.54. The van der Waals surface area contributed by atoms with Crippen molar-refractivity contribution in [2.75, 3.05) is 6.54 Å². The van der Waals surface area contributed by atoms with Crippen molar-refractivity contribution in [2.45, 2.75) is 31.2 Å². The van der Waals surface area contributed by atoms with Gasteiger partial charge in [0.05, 0.1) is 22.7 Å². The van der Waals surface area contributed by atoms with E-state index in [4.69, 9.17) is 4.74 Å². The van der Waals surface area contributed by atoms with E-state index in [-0.39, 0.29) is 40.8 Å². The van der Waals surface area contributed by atoms with Gasteiger partial charge in [0.2, 0.25) is 0 Å². The predicted molar refractivity (Wildman–Crippen MR) is 106 cm³/mol. The number of ether oxygens (including phenoxy) is 1. The Morgan fingerprint density at radius 1 is 1.03 bits per heavy atom. The fourth-order valence-corrected chi connectivity index (χ4v) is 4.50. The Bertz CT molecular complexity index is 1170. The Kier molecular flexibility index (Phi) is 5.18. The number of carbonyl (C=O) groups is 1. The SMILES string of the molecule is O=C(c1cccc(F)c1-c1ncccn1)N1C[C@H]2C[C@@H](Oc3ncc(C(F)(F)F)cn3)[C@@H]1C2. The average Bonchev–Trinajstić information content (AvgIpc) is 3.39. The van der Waals surface area contributed by atoms with Gasteiger partial charge < -0.3 is 9.64 Å². The summed E-state index contributed by atoms with van der Waals surface area (Å²) >= 11 is 0. The number of rotatable bonds is 4. The van der Waals surface area contributed by atoms with E-state index in [1.54, 1.807) is 11.0 Å². The highest BCUT2D eigenvalue weighted by atomic mass is 19.4. The maximum Gasteiger partial charge on any atom is 0.419 e. The van der Waals surface area contributed by atoms with Crippen LogP contribution in [-0.2, 0) is 6.18 Å². The third-order valence-electron chi connectivity index (χ3n) is 5.93. The number of carbonyl (C=O) groups excluding carboxylic acids is 1. The number of alkyl halides is 3. The topological polar surface area (TPSA) is 81.1 Å². The van der Waals surface area contributed by atoms with Crippen LogP contribution in [0.15, 0.2) is 49.1 Å². The highest BCUT2D eigenvalue weighted by molar-refractivity contribution is 6.00. The van der Waals surface area contributed by atoms with Crippen LogP contribution in [0.1, 0.15) is 28.8 Å². The molecule has 2 fully saturated rings. The summed E-state index contributed by atoms with van der Waals surface area (Å²) in [6, 6.07) is 5.30. The van der Waals surface area contributed by atoms with Crippen LogP contribution in [0.2, 0.25) is 0 Å². The Balaban J connectivity index is 1.38. The van der Waals surface area contributed by atoms with Crippen LogP contribution in [0.4, 0.5) is 17.6 Å². The van der Waals surface area contributed by atoms with Crippen molar-refractivity contribution in [3.8, 4) is 17.4 Å². The normalized spacial score (nSPS) is 21.9. The zero-order valence-electron chi connectivity index (χ0n) is 17.0. The van der Waals surface area contributed by atoms with Gasteiger partial charge in [-0.3, -0.25) is 4.79 Å². The van der Waals surface area contributed by atoms with E-state index in [1.165, 1.54) is 30.6 Å². The van der Waals surface area contributed by atoms with E-state index < -0.39 is 23.7 Å². The maximum atomic E-state index is 14.7. The Hall–Kier alpha value is -3.63. The number of aromatic nitrogens is 4. The first-order valence-corrected chi connectivity index (χ1v) is 10.2. The van der Waals surface area contributed by atoms with Crippen molar-refractivity contribution in [3.63, 3.8) is 0 Å². The molecule has 11 heteroatoms. The smallest absolute Gasteiger partial charge is 0.419 e. The fourth-order valence-electron chi connectivity index (χ4n) is 4.50. The van der Waals surface area contributed by atoms with Crippen LogP contribution >= 0.6 is 0 Å². The van der Waals surface area contributed by atoms with Crippen molar-refractivity contribution in [1.29, 1.82) is 0 Å². The summed E-state index contributed by atoms with van der Waals surface area (Å²) in [5.41, 5.74) is -0.811. The number of hydrogen-bond acceptors (Lipinski definition) is 6. The Labute approximate surface area is 185 Å². The number of likely N-dealkylation sites (tertiary alicyclic amines) is 1. The van der Waals surface area contributed by atoms with Crippen molar-refractivity contribution >= 4 is 5.91 Å². The number of benzene rings is 1. The van der Waals surface area contributed by atoms with E-state index in [2.05, 4.69) is 19.9 Å². The van der Waals surface area contributed by atoms with Gasteiger partial charge >= 0.3 is 12.2 Å². The van der Waals surface area contributed by atoms with Crippen molar-refractivity contribution in [3.05, 3.63) is 66.0 Å². The molecule has 1 aliphatic heterocycles. The van der Waals surface area contributed by atoms with E-state index in [0.29, 0.717) is 31.8 Å². The first kappa shape index (κ1) is 21.2. The summed E-state index contributed by atoms with van der Waals surface area (Å²) in [6.45, 7) is 0.475. The highest BCUT2D eigenvalue weighted by Gasteiger charge is 2.49.